The highest BCUT2D eigenvalue weighted by atomic mass is 16.3. The molecule has 0 bridgehead atoms. The summed E-state index contributed by atoms with van der Waals surface area (Å²) in [6.45, 7) is 4.91. The van der Waals surface area contributed by atoms with Crippen LogP contribution in [0.1, 0.15) is 38.3 Å². The molecule has 0 radical (unpaired) electrons. The summed E-state index contributed by atoms with van der Waals surface area (Å²) in [5.41, 5.74) is 7.55. The normalized spacial score (nSPS) is 13.7. The zero-order valence-electron chi connectivity index (χ0n) is 23.6. The van der Waals surface area contributed by atoms with E-state index in [0.29, 0.717) is 12.8 Å². The number of aromatic hydroxyl groups is 1. The minimum atomic E-state index is -0.966. The van der Waals surface area contributed by atoms with Crippen LogP contribution in [0.2, 0.25) is 0 Å². The first kappa shape index (κ1) is 32.8. The molecule has 0 saturated heterocycles. The second kappa shape index (κ2) is 16.6. The molecule has 0 aliphatic rings. The van der Waals surface area contributed by atoms with Gasteiger partial charge in [-0.3, -0.25) is 24.0 Å². The molecule has 0 unspecified atom stereocenters. The lowest BCUT2D eigenvalue weighted by Crippen LogP contribution is -2.56. The van der Waals surface area contributed by atoms with E-state index in [2.05, 4.69) is 26.6 Å². The van der Waals surface area contributed by atoms with Crippen LogP contribution in [0.25, 0.3) is 0 Å². The standard InChI is InChI=1S/C29H40N6O6/c1-18(2)13-24(32-17-36)29(41)35-25(15-20-7-5-4-6-8-20)34-26(38)16-31-27(39)19(3)33-28(40)23(30)14-21-9-11-22(37)12-10-21/h4-12,17-19,23-25,37H,13-16,30H2,1-3H3,(H,31,39)(H,32,36)(H,33,40)(H,34,38)(H,35,41)/t19-,23-,24-,25+/m1/s1. The van der Waals surface area contributed by atoms with Gasteiger partial charge in [0, 0.05) is 6.42 Å². The van der Waals surface area contributed by atoms with E-state index >= 15 is 0 Å². The van der Waals surface area contributed by atoms with Gasteiger partial charge in [0.25, 0.3) is 0 Å². The van der Waals surface area contributed by atoms with Gasteiger partial charge in [-0.2, -0.15) is 0 Å². The molecule has 0 aliphatic carbocycles. The first-order chi connectivity index (χ1) is 19.5. The molecule has 0 heterocycles. The van der Waals surface area contributed by atoms with Crippen LogP contribution in [0.4, 0.5) is 0 Å². The fourth-order valence-corrected chi connectivity index (χ4v) is 4.00. The molecular weight excluding hydrogens is 528 g/mol. The van der Waals surface area contributed by atoms with E-state index in [1.807, 2.05) is 44.2 Å². The maximum Gasteiger partial charge on any atom is 0.244 e. The van der Waals surface area contributed by atoms with Gasteiger partial charge in [-0.05, 0) is 48.9 Å². The molecule has 8 N–H and O–H groups in total. The third-order valence-corrected chi connectivity index (χ3v) is 6.13. The summed E-state index contributed by atoms with van der Waals surface area (Å²) in [5, 5.41) is 22.4. The van der Waals surface area contributed by atoms with Gasteiger partial charge >= 0.3 is 0 Å². The molecule has 2 rings (SSSR count). The summed E-state index contributed by atoms with van der Waals surface area (Å²) in [7, 11) is 0. The van der Waals surface area contributed by atoms with Crippen LogP contribution in [-0.4, -0.2) is 66.0 Å². The third kappa shape index (κ3) is 12.1. The maximum absolute atomic E-state index is 12.9. The number of carbonyl (C=O) groups excluding carboxylic acids is 5. The van der Waals surface area contributed by atoms with Crippen LogP contribution in [0.15, 0.2) is 54.6 Å². The highest BCUT2D eigenvalue weighted by molar-refractivity contribution is 5.92. The fraction of sp³-hybridized carbons (Fsp3) is 0.414. The minimum Gasteiger partial charge on any atom is -0.508 e. The van der Waals surface area contributed by atoms with Gasteiger partial charge in [0.1, 0.15) is 24.0 Å². The van der Waals surface area contributed by atoms with Crippen molar-refractivity contribution < 1.29 is 29.1 Å². The molecule has 0 saturated carbocycles. The lowest BCUT2D eigenvalue weighted by atomic mass is 10.0. The number of amides is 5. The molecule has 5 amide bonds. The van der Waals surface area contributed by atoms with Gasteiger partial charge in [0.2, 0.25) is 30.0 Å². The monoisotopic (exact) mass is 568 g/mol. The smallest absolute Gasteiger partial charge is 0.244 e. The van der Waals surface area contributed by atoms with Crippen LogP contribution >= 0.6 is 0 Å². The average Bonchev–Trinajstić information content (AvgIpc) is 2.92. The van der Waals surface area contributed by atoms with Gasteiger partial charge in [0.05, 0.1) is 12.6 Å². The number of benzene rings is 2. The maximum atomic E-state index is 12.9. The Morgan fingerprint density at radius 1 is 0.829 bits per heavy atom. The molecule has 222 valence electrons. The number of hydrogen-bond acceptors (Lipinski definition) is 7. The van der Waals surface area contributed by atoms with Crippen molar-refractivity contribution >= 4 is 30.0 Å². The van der Waals surface area contributed by atoms with Crippen molar-refractivity contribution in [2.75, 3.05) is 6.54 Å². The zero-order valence-corrected chi connectivity index (χ0v) is 23.6. The Bertz CT molecular complexity index is 1160. The van der Waals surface area contributed by atoms with Gasteiger partial charge in [0.15, 0.2) is 0 Å². The first-order valence-corrected chi connectivity index (χ1v) is 13.4. The summed E-state index contributed by atoms with van der Waals surface area (Å²) >= 11 is 0. The van der Waals surface area contributed by atoms with Crippen molar-refractivity contribution in [2.24, 2.45) is 11.7 Å². The number of hydrogen-bond donors (Lipinski definition) is 7. The van der Waals surface area contributed by atoms with E-state index < -0.39 is 54.5 Å². The van der Waals surface area contributed by atoms with E-state index in [1.54, 1.807) is 12.1 Å². The number of phenolic OH excluding ortho intramolecular Hbond substituents is 1. The van der Waals surface area contributed by atoms with Crippen LogP contribution in [0, 0.1) is 5.92 Å². The van der Waals surface area contributed by atoms with E-state index in [0.717, 1.165) is 11.1 Å². The summed E-state index contributed by atoms with van der Waals surface area (Å²) in [6.07, 6.45) is 0.541. The first-order valence-electron chi connectivity index (χ1n) is 13.4. The largest absolute Gasteiger partial charge is 0.508 e. The number of nitrogens with one attached hydrogen (secondary N) is 5. The Morgan fingerprint density at radius 2 is 1.46 bits per heavy atom. The molecule has 2 aromatic carbocycles. The average molecular weight is 569 g/mol. The van der Waals surface area contributed by atoms with Crippen LogP contribution in [-0.2, 0) is 36.8 Å². The molecule has 2 aromatic rings. The van der Waals surface area contributed by atoms with Crippen molar-refractivity contribution in [1.82, 2.24) is 26.6 Å². The Labute approximate surface area is 239 Å². The van der Waals surface area contributed by atoms with Crippen LogP contribution in [0.5, 0.6) is 5.75 Å². The Morgan fingerprint density at radius 3 is 2.07 bits per heavy atom. The van der Waals surface area contributed by atoms with Crippen molar-refractivity contribution in [3.63, 3.8) is 0 Å². The summed E-state index contributed by atoms with van der Waals surface area (Å²) in [6, 6.07) is 12.8. The van der Waals surface area contributed by atoms with Gasteiger partial charge in [-0.1, -0.05) is 56.3 Å². The fourth-order valence-electron chi connectivity index (χ4n) is 4.00. The van der Waals surface area contributed by atoms with Gasteiger partial charge in [-0.25, -0.2) is 0 Å². The SMILES string of the molecule is CC(C)C[C@@H](NC=O)C(=O)N[C@@H](Cc1ccccc1)NC(=O)CNC(=O)[C@@H](C)NC(=O)[C@H](N)Cc1ccc(O)cc1. The topological polar surface area (TPSA) is 192 Å². The minimum absolute atomic E-state index is 0.0973. The van der Waals surface area contributed by atoms with E-state index in [1.165, 1.54) is 19.1 Å². The molecule has 0 aliphatic heterocycles. The third-order valence-electron chi connectivity index (χ3n) is 6.13. The summed E-state index contributed by atoms with van der Waals surface area (Å²) in [5.74, 6) is -1.92. The summed E-state index contributed by atoms with van der Waals surface area (Å²) < 4.78 is 0. The molecule has 4 atom stereocenters. The van der Waals surface area contributed by atoms with E-state index in [-0.39, 0.29) is 24.5 Å². The predicted octanol–water partition coefficient (Wildman–Crippen LogP) is -0.155. The molecule has 0 aromatic heterocycles. The van der Waals surface area contributed by atoms with Gasteiger partial charge < -0.3 is 37.4 Å². The molecule has 12 nitrogen and oxygen atoms in total. The lowest BCUT2D eigenvalue weighted by Gasteiger charge is -2.25. The number of phenols is 1. The second-order valence-electron chi connectivity index (χ2n) is 10.2. The Balaban J connectivity index is 1.92. The quantitative estimate of drug-likeness (QED) is 0.108. The molecule has 0 fully saturated rings. The van der Waals surface area contributed by atoms with Crippen molar-refractivity contribution in [3.8, 4) is 5.75 Å². The molecule has 0 spiro atoms. The zero-order chi connectivity index (χ0) is 30.4. The molecular formula is C29H40N6O6. The lowest BCUT2D eigenvalue weighted by molar-refractivity contribution is -0.130. The van der Waals surface area contributed by atoms with E-state index in [9.17, 15) is 29.1 Å². The number of nitrogens with two attached hydrogens (primary N) is 1. The highest BCUT2D eigenvalue weighted by Gasteiger charge is 2.24. The van der Waals surface area contributed by atoms with Crippen molar-refractivity contribution in [3.05, 3.63) is 65.7 Å². The van der Waals surface area contributed by atoms with Gasteiger partial charge in [-0.15, -0.1) is 0 Å². The predicted molar refractivity (Wildman–Crippen MR) is 153 cm³/mol. The van der Waals surface area contributed by atoms with E-state index in [4.69, 9.17) is 5.73 Å². The van der Waals surface area contributed by atoms with Crippen LogP contribution in [0.3, 0.4) is 0 Å². The summed E-state index contributed by atoms with van der Waals surface area (Å²) in [4.78, 5) is 61.6. The second-order valence-corrected chi connectivity index (χ2v) is 10.2. The number of carbonyl (C=O) groups is 5. The highest BCUT2D eigenvalue weighted by Crippen LogP contribution is 2.11. The Kier molecular flexibility index (Phi) is 13.3. The molecule has 12 heteroatoms. The van der Waals surface area contributed by atoms with Crippen molar-refractivity contribution in [2.45, 2.75) is 64.3 Å². The number of rotatable bonds is 16. The molecule has 41 heavy (non-hydrogen) atoms. The Hall–Kier alpha value is -4.45. The van der Waals surface area contributed by atoms with Crippen LogP contribution < -0.4 is 32.3 Å². The van der Waals surface area contributed by atoms with Crippen molar-refractivity contribution in [1.29, 1.82) is 0 Å².